The van der Waals surface area contributed by atoms with Gasteiger partial charge in [0.2, 0.25) is 10.0 Å². The molecule has 2 N–H and O–H groups in total. The van der Waals surface area contributed by atoms with E-state index in [9.17, 15) is 18.0 Å². The van der Waals surface area contributed by atoms with Crippen LogP contribution < -0.4 is 10.7 Å². The molecule has 0 saturated heterocycles. The predicted octanol–water partition coefficient (Wildman–Crippen LogP) is 2.57. The van der Waals surface area contributed by atoms with Gasteiger partial charge in [-0.05, 0) is 35.7 Å². The Balaban J connectivity index is 2.18. The van der Waals surface area contributed by atoms with Crippen LogP contribution in [0, 0.1) is 0 Å². The first-order valence-corrected chi connectivity index (χ1v) is 11.2. The molecule has 0 bridgehead atoms. The number of carbonyl (C=O) groups is 2. The SMILES string of the molecule is C=CCN(CC=C)S(=O)(=O)c1ccc(C(=O)Nc2sccc2C(=O)NN(C)C)cc1. The number of hydrogen-bond acceptors (Lipinski definition) is 6. The molecule has 0 radical (unpaired) electrons. The highest BCUT2D eigenvalue weighted by Gasteiger charge is 2.23. The van der Waals surface area contributed by atoms with Gasteiger partial charge in [0.25, 0.3) is 11.8 Å². The molecule has 160 valence electrons. The summed E-state index contributed by atoms with van der Waals surface area (Å²) in [4.78, 5) is 24.8. The summed E-state index contributed by atoms with van der Waals surface area (Å²) < 4.78 is 26.7. The van der Waals surface area contributed by atoms with Crippen molar-refractivity contribution in [2.75, 3.05) is 32.5 Å². The van der Waals surface area contributed by atoms with Crippen LogP contribution in [0.5, 0.6) is 0 Å². The zero-order valence-corrected chi connectivity index (χ0v) is 18.4. The fourth-order valence-corrected chi connectivity index (χ4v) is 4.67. The maximum Gasteiger partial charge on any atom is 0.268 e. The highest BCUT2D eigenvalue weighted by molar-refractivity contribution is 7.89. The summed E-state index contributed by atoms with van der Waals surface area (Å²) in [6, 6.07) is 7.21. The van der Waals surface area contributed by atoms with Crippen LogP contribution in [0.2, 0.25) is 0 Å². The van der Waals surface area contributed by atoms with Gasteiger partial charge < -0.3 is 5.32 Å². The van der Waals surface area contributed by atoms with E-state index in [0.717, 1.165) is 0 Å². The number of anilines is 1. The molecule has 1 heterocycles. The first kappa shape index (κ1) is 23.5. The third-order valence-electron chi connectivity index (χ3n) is 3.88. The molecule has 2 amide bonds. The minimum atomic E-state index is -3.74. The van der Waals surface area contributed by atoms with E-state index in [0.29, 0.717) is 10.6 Å². The van der Waals surface area contributed by atoms with Crippen LogP contribution in [0.15, 0.2) is 65.9 Å². The van der Waals surface area contributed by atoms with Gasteiger partial charge in [-0.3, -0.25) is 15.0 Å². The topological polar surface area (TPSA) is 98.8 Å². The lowest BCUT2D eigenvalue weighted by molar-refractivity contribution is 0.0858. The van der Waals surface area contributed by atoms with Gasteiger partial charge in [0.05, 0.1) is 10.5 Å². The van der Waals surface area contributed by atoms with Crippen molar-refractivity contribution in [1.29, 1.82) is 0 Å². The predicted molar refractivity (Wildman–Crippen MR) is 119 cm³/mol. The zero-order valence-electron chi connectivity index (χ0n) is 16.8. The number of benzene rings is 1. The molecule has 1 aromatic heterocycles. The second-order valence-electron chi connectivity index (χ2n) is 6.38. The second kappa shape index (κ2) is 10.3. The highest BCUT2D eigenvalue weighted by Crippen LogP contribution is 2.24. The number of rotatable bonds is 10. The molecule has 8 nitrogen and oxygen atoms in total. The molecule has 10 heteroatoms. The van der Waals surface area contributed by atoms with Crippen LogP contribution in [-0.2, 0) is 10.0 Å². The van der Waals surface area contributed by atoms with E-state index in [-0.39, 0.29) is 29.5 Å². The van der Waals surface area contributed by atoms with Crippen molar-refractivity contribution in [2.45, 2.75) is 4.90 Å². The van der Waals surface area contributed by atoms with Crippen LogP contribution >= 0.6 is 11.3 Å². The minimum absolute atomic E-state index is 0.0601. The smallest absolute Gasteiger partial charge is 0.268 e. The van der Waals surface area contributed by atoms with E-state index < -0.39 is 15.9 Å². The maximum absolute atomic E-state index is 12.7. The molecule has 0 spiro atoms. The lowest BCUT2D eigenvalue weighted by Crippen LogP contribution is -2.36. The van der Waals surface area contributed by atoms with Crippen molar-refractivity contribution in [2.24, 2.45) is 0 Å². The largest absolute Gasteiger partial charge is 0.313 e. The number of hydrazine groups is 1. The molecular formula is C20H24N4O4S2. The van der Waals surface area contributed by atoms with Gasteiger partial charge >= 0.3 is 0 Å². The van der Waals surface area contributed by atoms with Crippen LogP contribution in [0.1, 0.15) is 20.7 Å². The van der Waals surface area contributed by atoms with E-state index in [1.807, 2.05) is 0 Å². The number of nitrogens with one attached hydrogen (secondary N) is 2. The Morgan fingerprint density at radius 1 is 1.03 bits per heavy atom. The van der Waals surface area contributed by atoms with Gasteiger partial charge in [-0.2, -0.15) is 4.31 Å². The Hall–Kier alpha value is -2.79. The van der Waals surface area contributed by atoms with Crippen molar-refractivity contribution in [3.05, 3.63) is 72.1 Å². The number of hydrogen-bond donors (Lipinski definition) is 2. The standard InChI is InChI=1S/C20H24N4O4S2/c1-5-12-24(13-6-2)30(27,28)16-9-7-15(8-10-16)18(25)21-20-17(11-14-29-20)19(26)22-23(3)4/h5-11,14H,1-2,12-13H2,3-4H3,(H,21,25)(H,22,26). The van der Waals surface area contributed by atoms with E-state index in [1.54, 1.807) is 25.5 Å². The molecule has 0 atom stereocenters. The van der Waals surface area contributed by atoms with E-state index in [2.05, 4.69) is 23.9 Å². The molecule has 2 rings (SSSR count). The van der Waals surface area contributed by atoms with Crippen molar-refractivity contribution in [3.8, 4) is 0 Å². The Bertz CT molecular complexity index is 1020. The van der Waals surface area contributed by atoms with Crippen LogP contribution in [0.3, 0.4) is 0 Å². The zero-order chi connectivity index (χ0) is 22.3. The molecule has 0 unspecified atom stereocenters. The Kier molecular flexibility index (Phi) is 8.07. The molecule has 0 saturated carbocycles. The highest BCUT2D eigenvalue weighted by atomic mass is 32.2. The minimum Gasteiger partial charge on any atom is -0.313 e. The van der Waals surface area contributed by atoms with Crippen molar-refractivity contribution < 1.29 is 18.0 Å². The van der Waals surface area contributed by atoms with Gasteiger partial charge in [0, 0.05) is 32.7 Å². The molecular weight excluding hydrogens is 424 g/mol. The summed E-state index contributed by atoms with van der Waals surface area (Å²) >= 11 is 1.22. The number of thiophene rings is 1. The third kappa shape index (κ3) is 5.63. The van der Waals surface area contributed by atoms with Crippen molar-refractivity contribution in [1.82, 2.24) is 14.7 Å². The van der Waals surface area contributed by atoms with E-state index in [1.165, 1.54) is 57.1 Å². The van der Waals surface area contributed by atoms with Gasteiger partial charge in [0.15, 0.2) is 0 Å². The van der Waals surface area contributed by atoms with Crippen LogP contribution in [-0.4, -0.2) is 56.7 Å². The second-order valence-corrected chi connectivity index (χ2v) is 9.23. The van der Waals surface area contributed by atoms with Crippen molar-refractivity contribution >= 4 is 38.2 Å². The molecule has 0 aliphatic rings. The Morgan fingerprint density at radius 2 is 1.63 bits per heavy atom. The summed E-state index contributed by atoms with van der Waals surface area (Å²) in [7, 11) is -0.376. The van der Waals surface area contributed by atoms with Gasteiger partial charge in [-0.15, -0.1) is 24.5 Å². The van der Waals surface area contributed by atoms with Gasteiger partial charge in [0.1, 0.15) is 5.00 Å². The Labute approximate surface area is 180 Å². The summed E-state index contributed by atoms with van der Waals surface area (Å²) in [5, 5.41) is 6.30. The summed E-state index contributed by atoms with van der Waals surface area (Å²) in [5.74, 6) is -0.795. The third-order valence-corrected chi connectivity index (χ3v) is 6.56. The number of amides is 2. The van der Waals surface area contributed by atoms with Crippen LogP contribution in [0.4, 0.5) is 5.00 Å². The molecule has 1 aromatic carbocycles. The monoisotopic (exact) mass is 448 g/mol. The van der Waals surface area contributed by atoms with Gasteiger partial charge in [-0.25, -0.2) is 13.4 Å². The Morgan fingerprint density at radius 3 is 2.17 bits per heavy atom. The fraction of sp³-hybridized carbons (Fsp3) is 0.200. The summed E-state index contributed by atoms with van der Waals surface area (Å²) in [6.45, 7) is 7.44. The van der Waals surface area contributed by atoms with E-state index in [4.69, 9.17) is 0 Å². The van der Waals surface area contributed by atoms with Crippen LogP contribution in [0.25, 0.3) is 0 Å². The summed E-state index contributed by atoms with van der Waals surface area (Å²) in [5.41, 5.74) is 3.22. The molecule has 0 fully saturated rings. The molecule has 0 aliphatic carbocycles. The normalized spacial score (nSPS) is 11.3. The quantitative estimate of drug-likeness (QED) is 0.430. The lowest BCUT2D eigenvalue weighted by atomic mass is 10.2. The van der Waals surface area contributed by atoms with Crippen molar-refractivity contribution in [3.63, 3.8) is 0 Å². The molecule has 0 aliphatic heterocycles. The summed E-state index contributed by atoms with van der Waals surface area (Å²) in [6.07, 6.45) is 2.99. The number of nitrogens with zero attached hydrogens (tertiary/aromatic N) is 2. The maximum atomic E-state index is 12.7. The average molecular weight is 449 g/mol. The fourth-order valence-electron chi connectivity index (χ4n) is 2.51. The molecule has 2 aromatic rings. The average Bonchev–Trinajstić information content (AvgIpc) is 3.15. The first-order chi connectivity index (χ1) is 14.2. The number of carbonyl (C=O) groups excluding carboxylic acids is 2. The van der Waals surface area contributed by atoms with Gasteiger partial charge in [-0.1, -0.05) is 12.2 Å². The number of sulfonamides is 1. The molecule has 30 heavy (non-hydrogen) atoms. The first-order valence-electron chi connectivity index (χ1n) is 8.89. The van der Waals surface area contributed by atoms with E-state index >= 15 is 0 Å². The lowest BCUT2D eigenvalue weighted by Gasteiger charge is -2.19.